The van der Waals surface area contributed by atoms with E-state index >= 15 is 0 Å². The highest BCUT2D eigenvalue weighted by atomic mass is 32.2. The van der Waals surface area contributed by atoms with Crippen LogP contribution in [0.5, 0.6) is 0 Å². The van der Waals surface area contributed by atoms with Gasteiger partial charge in [-0.15, -0.1) is 0 Å². The lowest BCUT2D eigenvalue weighted by Crippen LogP contribution is -2.49. The van der Waals surface area contributed by atoms with Gasteiger partial charge in [-0.3, -0.25) is 32.2 Å². The number of amides is 3. The van der Waals surface area contributed by atoms with Crippen LogP contribution in [-0.2, 0) is 56.8 Å². The molecule has 18 nitrogen and oxygen atoms in total. The summed E-state index contributed by atoms with van der Waals surface area (Å²) >= 11 is 0. The van der Waals surface area contributed by atoms with Crippen molar-refractivity contribution in [3.8, 4) is 0 Å². The Labute approximate surface area is 574 Å². The molecule has 0 bridgehead atoms. The van der Waals surface area contributed by atoms with Crippen molar-refractivity contribution in [1.82, 2.24) is 30.0 Å². The number of imidazole rings is 1. The maximum atomic E-state index is 14.4. The topological polar surface area (TPSA) is 212 Å². The molecule has 2 aliphatic rings. The molecule has 98 heavy (non-hydrogen) atoms. The highest BCUT2D eigenvalue weighted by Crippen LogP contribution is 2.32. The molecule has 1 aliphatic heterocycles. The van der Waals surface area contributed by atoms with Crippen molar-refractivity contribution in [2.45, 2.75) is 106 Å². The van der Waals surface area contributed by atoms with Crippen LogP contribution >= 0.6 is 0 Å². The van der Waals surface area contributed by atoms with Crippen LogP contribution in [-0.4, -0.2) is 107 Å². The molecule has 1 saturated carbocycles. The monoisotopic (exact) mass is 1390 g/mol. The quantitative estimate of drug-likeness (QED) is 0.0651. The van der Waals surface area contributed by atoms with E-state index in [-0.39, 0.29) is 65.0 Å². The summed E-state index contributed by atoms with van der Waals surface area (Å²) < 4.78 is 114. The maximum Gasteiger partial charge on any atom is 0.283 e. The van der Waals surface area contributed by atoms with E-state index < -0.39 is 46.6 Å². The van der Waals surface area contributed by atoms with Crippen molar-refractivity contribution in [3.05, 3.63) is 270 Å². The Kier molecular flexibility index (Phi) is 24.9. The zero-order chi connectivity index (χ0) is 70.0. The van der Waals surface area contributed by atoms with Crippen molar-refractivity contribution in [2.24, 2.45) is 13.0 Å². The fourth-order valence-corrected chi connectivity index (χ4v) is 15.9. The van der Waals surface area contributed by atoms with Crippen LogP contribution in [0.4, 0.5) is 25.8 Å². The van der Waals surface area contributed by atoms with E-state index in [1.807, 2.05) is 99.3 Å². The maximum absolute atomic E-state index is 14.4. The zero-order valence-electron chi connectivity index (χ0n) is 55.6. The number of aryl methyl sites for hydroxylation is 1. The van der Waals surface area contributed by atoms with Crippen molar-refractivity contribution < 1.29 is 48.4 Å². The molecule has 1 saturated heterocycles. The molecule has 1 aromatic heterocycles. The summed E-state index contributed by atoms with van der Waals surface area (Å²) in [6, 6.07) is 57.2. The first-order valence-electron chi connectivity index (χ1n) is 32.6. The van der Waals surface area contributed by atoms with Crippen LogP contribution in [0.3, 0.4) is 0 Å². The van der Waals surface area contributed by atoms with E-state index in [1.54, 1.807) is 96.5 Å². The summed E-state index contributed by atoms with van der Waals surface area (Å²) in [4.78, 5) is 46.2. The molecule has 2 heterocycles. The summed E-state index contributed by atoms with van der Waals surface area (Å²) in [7, 11) is -10.5. The van der Waals surface area contributed by atoms with Crippen molar-refractivity contribution in [2.75, 3.05) is 45.6 Å². The van der Waals surface area contributed by atoms with Gasteiger partial charge in [0.1, 0.15) is 16.5 Å². The van der Waals surface area contributed by atoms with Crippen LogP contribution in [0.25, 0.3) is 0 Å². The predicted octanol–water partition coefficient (Wildman–Crippen LogP) is 12.9. The largest absolute Gasteiger partial charge is 0.350 e. The minimum absolute atomic E-state index is 0.00718. The van der Waals surface area contributed by atoms with Gasteiger partial charge in [0.15, 0.2) is 5.03 Å². The molecule has 1 aliphatic carbocycles. The number of benzene rings is 8. The van der Waals surface area contributed by atoms with Crippen LogP contribution in [0.15, 0.2) is 240 Å². The standard InChI is InChI=1S/C29H37N5O3S.2C23H23FN2O3S/c1-31-22-28(30-23-31)38(36,37)34(21-25-11-6-3-7-12-25)27-14-8-13-26(19-27)29(35)33-17-15-32(16-18-33)20-24-9-4-2-5-10-24;1-17(2)25-23(27)19-10-6-12-21(14-19)26(16-18-8-4-3-5-9-18)30(28,29)22-13-7-11-20(24)15-22;1-17(2)25-23(27)19-11-8-12-20(15-19)26(16-18-9-4-3-5-10-18)30(28,29)22-14-7-6-13-21(22)24/h3,6-8,11-14,19,22-24H,2,4-5,9-10,15-18,20-21H2,1H3;2*3-15,17H,16H2,1-2H3,(H,25,27). The summed E-state index contributed by atoms with van der Waals surface area (Å²) in [6.07, 6.45) is 9.67. The summed E-state index contributed by atoms with van der Waals surface area (Å²) in [5.74, 6) is -1.34. The van der Waals surface area contributed by atoms with Gasteiger partial charge < -0.3 is 20.1 Å². The number of hydrogen-bond donors (Lipinski definition) is 2. The predicted molar refractivity (Wildman–Crippen MR) is 379 cm³/mol. The Morgan fingerprint density at radius 1 is 0.500 bits per heavy atom. The number of sulfonamides is 3. The molecule has 3 amide bonds. The van der Waals surface area contributed by atoms with Gasteiger partial charge in [-0.25, -0.2) is 30.6 Å². The molecule has 514 valence electrons. The SMILES string of the molecule is CC(C)NC(=O)c1cccc(N(Cc2ccccc2)S(=O)(=O)c2cccc(F)c2)c1.CC(C)NC(=O)c1cccc(N(Cc2ccccc2)S(=O)(=O)c2ccccc2F)c1.Cn1cnc(S(=O)(=O)N(Cc2ccccc2)c2cccc(C(=O)N3CCN(CC4CCCCC4)CC3)c2)c1. The Morgan fingerprint density at radius 3 is 1.40 bits per heavy atom. The average Bonchev–Trinajstić information content (AvgIpc) is 0.881. The molecule has 2 N–H and O–H groups in total. The Hall–Kier alpha value is -9.55. The van der Waals surface area contributed by atoms with Gasteiger partial charge in [-0.05, 0) is 148 Å². The zero-order valence-corrected chi connectivity index (χ0v) is 58.0. The Balaban J connectivity index is 0.000000174. The summed E-state index contributed by atoms with van der Waals surface area (Å²) in [6.45, 7) is 11.8. The number of carbonyl (C=O) groups is 3. The lowest BCUT2D eigenvalue weighted by atomic mass is 9.89. The number of piperazine rings is 1. The first kappa shape index (κ1) is 72.7. The number of hydrogen-bond acceptors (Lipinski definition) is 11. The van der Waals surface area contributed by atoms with Crippen LogP contribution in [0.1, 0.15) is 108 Å². The first-order valence-corrected chi connectivity index (χ1v) is 36.9. The van der Waals surface area contributed by atoms with Gasteiger partial charge in [-0.1, -0.05) is 147 Å². The van der Waals surface area contributed by atoms with Crippen molar-refractivity contribution in [1.29, 1.82) is 0 Å². The molecule has 2 fully saturated rings. The van der Waals surface area contributed by atoms with E-state index in [4.69, 9.17) is 0 Å². The molecule has 0 radical (unpaired) electrons. The third-order valence-corrected chi connectivity index (χ3v) is 21.7. The van der Waals surface area contributed by atoms with E-state index in [0.717, 1.165) is 58.7 Å². The van der Waals surface area contributed by atoms with Crippen LogP contribution < -0.4 is 23.5 Å². The molecule has 9 aromatic rings. The van der Waals surface area contributed by atoms with E-state index in [9.17, 15) is 48.4 Å². The van der Waals surface area contributed by atoms with Crippen LogP contribution in [0.2, 0.25) is 0 Å². The van der Waals surface area contributed by atoms with Gasteiger partial charge >= 0.3 is 0 Å². The van der Waals surface area contributed by atoms with Gasteiger partial charge in [0.05, 0.1) is 47.9 Å². The number of nitrogens with zero attached hydrogens (tertiary/aromatic N) is 7. The van der Waals surface area contributed by atoms with Gasteiger partial charge in [0.2, 0.25) is 0 Å². The van der Waals surface area contributed by atoms with E-state index in [0.29, 0.717) is 41.2 Å². The van der Waals surface area contributed by atoms with E-state index in [2.05, 4.69) is 20.5 Å². The molecule has 8 aromatic carbocycles. The number of anilines is 3. The molecule has 23 heteroatoms. The normalized spacial score (nSPS) is 13.7. The lowest BCUT2D eigenvalue weighted by molar-refractivity contribution is 0.0605. The fraction of sp³-hybridized carbons (Fsp3) is 0.280. The van der Waals surface area contributed by atoms with Gasteiger partial charge in [-0.2, -0.15) is 8.42 Å². The number of rotatable bonds is 22. The smallest absolute Gasteiger partial charge is 0.283 e. The Morgan fingerprint density at radius 2 is 0.939 bits per heavy atom. The first-order chi connectivity index (χ1) is 47.0. The minimum Gasteiger partial charge on any atom is -0.350 e. The molecular formula is C75H83F2N9O9S3. The summed E-state index contributed by atoms with van der Waals surface area (Å²) in [5, 5.41) is 5.56. The second-order valence-corrected chi connectivity index (χ2v) is 30.3. The molecule has 11 rings (SSSR count). The van der Waals surface area contributed by atoms with Gasteiger partial charge in [0, 0.05) is 74.7 Å². The molecular weight excluding hydrogens is 1310 g/mol. The highest BCUT2D eigenvalue weighted by molar-refractivity contribution is 7.93. The summed E-state index contributed by atoms with van der Waals surface area (Å²) in [5.41, 5.74) is 4.54. The third-order valence-electron chi connectivity index (χ3n) is 16.4. The second kappa shape index (κ2) is 33.6. The number of halogens is 2. The Bertz CT molecular complexity index is 4500. The highest BCUT2D eigenvalue weighted by Gasteiger charge is 2.32. The third kappa shape index (κ3) is 19.4. The fourth-order valence-electron chi connectivity index (χ4n) is 11.5. The van der Waals surface area contributed by atoms with Crippen LogP contribution in [0, 0.1) is 17.6 Å². The van der Waals surface area contributed by atoms with Gasteiger partial charge in [0.25, 0.3) is 47.8 Å². The average molecular weight is 1390 g/mol. The number of carbonyl (C=O) groups excluding carboxylic acids is 3. The molecule has 0 unspecified atom stereocenters. The minimum atomic E-state index is -4.22. The molecule has 0 atom stereocenters. The van der Waals surface area contributed by atoms with Crippen molar-refractivity contribution in [3.63, 3.8) is 0 Å². The van der Waals surface area contributed by atoms with E-state index in [1.165, 1.54) is 102 Å². The second-order valence-electron chi connectivity index (χ2n) is 24.8. The lowest BCUT2D eigenvalue weighted by Gasteiger charge is -2.37. The molecule has 0 spiro atoms. The number of aromatic nitrogens is 2. The van der Waals surface area contributed by atoms with Crippen molar-refractivity contribution >= 4 is 64.9 Å². The number of nitrogens with one attached hydrogen (secondary N) is 2.